The van der Waals surface area contributed by atoms with Gasteiger partial charge in [0.05, 0.1) is 6.10 Å². The number of rotatable bonds is 4. The second kappa shape index (κ2) is 5.25. The van der Waals surface area contributed by atoms with Crippen LogP contribution in [0.4, 0.5) is 0 Å². The van der Waals surface area contributed by atoms with Crippen molar-refractivity contribution in [3.05, 3.63) is 24.0 Å². The van der Waals surface area contributed by atoms with Gasteiger partial charge in [-0.3, -0.25) is 0 Å². The molecule has 19 heavy (non-hydrogen) atoms. The van der Waals surface area contributed by atoms with Crippen LogP contribution >= 0.6 is 0 Å². The lowest BCUT2D eigenvalue weighted by atomic mass is 9.82. The minimum atomic E-state index is -3.70. The Morgan fingerprint density at radius 3 is 2.84 bits per heavy atom. The van der Waals surface area contributed by atoms with Crippen LogP contribution in [0.5, 0.6) is 0 Å². The molecule has 0 spiro atoms. The first-order valence-electron chi connectivity index (χ1n) is 5.94. The summed E-state index contributed by atoms with van der Waals surface area (Å²) in [5.74, 6) is 0.178. The molecular formula is C12H15N3O3S. The van der Waals surface area contributed by atoms with Crippen LogP contribution in [0.1, 0.15) is 18.5 Å². The summed E-state index contributed by atoms with van der Waals surface area (Å²) in [7, 11) is -2.22. The highest BCUT2D eigenvalue weighted by Gasteiger charge is 2.32. The SMILES string of the molecule is CN(CC1CC(O)C1)S(=O)(=O)c1cccnc1C#N. The average Bonchev–Trinajstić information content (AvgIpc) is 2.36. The number of pyridine rings is 1. The highest BCUT2D eigenvalue weighted by Crippen LogP contribution is 2.29. The molecule has 0 unspecified atom stereocenters. The largest absolute Gasteiger partial charge is 0.393 e. The molecule has 1 aliphatic carbocycles. The van der Waals surface area contributed by atoms with Crippen molar-refractivity contribution in [3.8, 4) is 6.07 Å². The molecule has 7 heteroatoms. The second-order valence-electron chi connectivity index (χ2n) is 4.74. The van der Waals surface area contributed by atoms with E-state index >= 15 is 0 Å². The molecule has 1 fully saturated rings. The molecular weight excluding hydrogens is 266 g/mol. The molecule has 0 bridgehead atoms. The topological polar surface area (TPSA) is 94.3 Å². The molecule has 2 rings (SSSR count). The summed E-state index contributed by atoms with van der Waals surface area (Å²) in [6.07, 6.45) is 2.32. The Labute approximate surface area is 112 Å². The molecule has 1 aromatic heterocycles. The van der Waals surface area contributed by atoms with Gasteiger partial charge in [0.2, 0.25) is 10.0 Å². The highest BCUT2D eigenvalue weighted by molar-refractivity contribution is 7.89. The molecule has 0 atom stereocenters. The van der Waals surface area contributed by atoms with Crippen LogP contribution in [0.3, 0.4) is 0 Å². The van der Waals surface area contributed by atoms with Crippen molar-refractivity contribution in [1.82, 2.24) is 9.29 Å². The van der Waals surface area contributed by atoms with Crippen LogP contribution in [0.25, 0.3) is 0 Å². The summed E-state index contributed by atoms with van der Waals surface area (Å²) in [6.45, 7) is 0.346. The summed E-state index contributed by atoms with van der Waals surface area (Å²) in [4.78, 5) is 3.69. The second-order valence-corrected chi connectivity index (χ2v) is 6.75. The third-order valence-electron chi connectivity index (χ3n) is 3.29. The Bertz CT molecular complexity index is 603. The maximum Gasteiger partial charge on any atom is 0.245 e. The maximum absolute atomic E-state index is 12.3. The van der Waals surface area contributed by atoms with Gasteiger partial charge >= 0.3 is 0 Å². The van der Waals surface area contributed by atoms with E-state index in [1.54, 1.807) is 6.07 Å². The zero-order chi connectivity index (χ0) is 14.0. The van der Waals surface area contributed by atoms with Crippen molar-refractivity contribution in [3.63, 3.8) is 0 Å². The number of nitriles is 1. The van der Waals surface area contributed by atoms with Crippen molar-refractivity contribution < 1.29 is 13.5 Å². The van der Waals surface area contributed by atoms with Crippen LogP contribution in [0, 0.1) is 17.2 Å². The van der Waals surface area contributed by atoms with Crippen molar-refractivity contribution in [1.29, 1.82) is 5.26 Å². The van der Waals surface area contributed by atoms with E-state index in [1.165, 1.54) is 29.7 Å². The monoisotopic (exact) mass is 281 g/mol. The molecule has 1 aliphatic rings. The number of aliphatic hydroxyl groups excluding tert-OH is 1. The Morgan fingerprint density at radius 1 is 1.58 bits per heavy atom. The lowest BCUT2D eigenvalue weighted by molar-refractivity contribution is 0.0367. The van der Waals surface area contributed by atoms with E-state index < -0.39 is 10.0 Å². The van der Waals surface area contributed by atoms with Crippen LogP contribution in [-0.2, 0) is 10.0 Å². The summed E-state index contributed by atoms with van der Waals surface area (Å²) < 4.78 is 25.9. The summed E-state index contributed by atoms with van der Waals surface area (Å²) in [5, 5.41) is 18.1. The van der Waals surface area contributed by atoms with Crippen LogP contribution in [0.15, 0.2) is 23.2 Å². The van der Waals surface area contributed by atoms with Gasteiger partial charge in [0.15, 0.2) is 5.69 Å². The zero-order valence-electron chi connectivity index (χ0n) is 10.5. The van der Waals surface area contributed by atoms with Crippen molar-refractivity contribution >= 4 is 10.0 Å². The Hall–Kier alpha value is -1.49. The standard InChI is InChI=1S/C12H15N3O3S/c1-15(8-9-5-10(16)6-9)19(17,18)12-3-2-4-14-11(12)7-13/h2-4,9-10,16H,5-6,8H2,1H3. The summed E-state index contributed by atoms with van der Waals surface area (Å²) >= 11 is 0. The summed E-state index contributed by atoms with van der Waals surface area (Å²) in [6, 6.07) is 4.66. The summed E-state index contributed by atoms with van der Waals surface area (Å²) in [5.41, 5.74) is -0.0944. The van der Waals surface area contributed by atoms with Crippen molar-refractivity contribution in [2.45, 2.75) is 23.8 Å². The van der Waals surface area contributed by atoms with E-state index in [2.05, 4.69) is 4.98 Å². The minimum Gasteiger partial charge on any atom is -0.393 e. The first-order valence-corrected chi connectivity index (χ1v) is 7.38. The minimum absolute atomic E-state index is 0.0696. The quantitative estimate of drug-likeness (QED) is 0.859. The molecule has 1 aromatic rings. The third kappa shape index (κ3) is 2.76. The van der Waals surface area contributed by atoms with Crippen molar-refractivity contribution in [2.24, 2.45) is 5.92 Å². The van der Waals surface area contributed by atoms with Crippen LogP contribution in [-0.4, -0.2) is 42.5 Å². The number of hydrogen-bond donors (Lipinski definition) is 1. The normalized spacial score (nSPS) is 22.8. The van der Waals surface area contributed by atoms with Gasteiger partial charge in [0.1, 0.15) is 11.0 Å². The average molecular weight is 281 g/mol. The van der Waals surface area contributed by atoms with Crippen molar-refractivity contribution in [2.75, 3.05) is 13.6 Å². The Morgan fingerprint density at radius 2 is 2.26 bits per heavy atom. The fourth-order valence-electron chi connectivity index (χ4n) is 2.16. The first-order chi connectivity index (χ1) is 8.95. The van der Waals surface area contributed by atoms with E-state index in [0.717, 1.165) is 0 Å². The molecule has 1 N–H and O–H groups in total. The molecule has 1 heterocycles. The molecule has 0 aromatic carbocycles. The van der Waals surface area contributed by atoms with Gasteiger partial charge < -0.3 is 5.11 Å². The maximum atomic E-state index is 12.3. The molecule has 0 saturated heterocycles. The first kappa shape index (κ1) is 13.9. The predicted molar refractivity (Wildman–Crippen MR) is 67.5 cm³/mol. The van der Waals surface area contributed by atoms with E-state index in [9.17, 15) is 13.5 Å². The molecule has 0 radical (unpaired) electrons. The van der Waals surface area contributed by atoms with Gasteiger partial charge in [0.25, 0.3) is 0 Å². The van der Waals surface area contributed by atoms with Gasteiger partial charge in [-0.2, -0.15) is 5.26 Å². The third-order valence-corrected chi connectivity index (χ3v) is 5.15. The zero-order valence-corrected chi connectivity index (χ0v) is 11.3. The molecule has 1 saturated carbocycles. The van der Waals surface area contributed by atoms with Gasteiger partial charge in [0, 0.05) is 19.8 Å². The molecule has 0 aliphatic heterocycles. The van der Waals surface area contributed by atoms with Gasteiger partial charge in [-0.25, -0.2) is 17.7 Å². The van der Waals surface area contributed by atoms with E-state index in [1.807, 2.05) is 0 Å². The number of aliphatic hydroxyl groups is 1. The molecule has 102 valence electrons. The Balaban J connectivity index is 2.20. The fourth-order valence-corrected chi connectivity index (χ4v) is 3.50. The smallest absolute Gasteiger partial charge is 0.245 e. The molecule has 6 nitrogen and oxygen atoms in total. The number of nitrogens with zero attached hydrogens (tertiary/aromatic N) is 3. The highest BCUT2D eigenvalue weighted by atomic mass is 32.2. The van der Waals surface area contributed by atoms with Crippen LogP contribution < -0.4 is 0 Å². The number of hydrogen-bond acceptors (Lipinski definition) is 5. The van der Waals surface area contributed by atoms with Gasteiger partial charge in [-0.15, -0.1) is 0 Å². The number of sulfonamides is 1. The predicted octanol–water partition coefficient (Wildman–Crippen LogP) is 0.345. The van der Waals surface area contributed by atoms with E-state index in [4.69, 9.17) is 5.26 Å². The Kier molecular flexibility index (Phi) is 3.85. The molecule has 0 amide bonds. The van der Waals surface area contributed by atoms with E-state index in [0.29, 0.717) is 19.4 Å². The number of aromatic nitrogens is 1. The van der Waals surface area contributed by atoms with Crippen LogP contribution in [0.2, 0.25) is 0 Å². The van der Waals surface area contributed by atoms with E-state index in [-0.39, 0.29) is 22.6 Å². The van der Waals surface area contributed by atoms with Gasteiger partial charge in [-0.1, -0.05) is 0 Å². The van der Waals surface area contributed by atoms with Gasteiger partial charge in [-0.05, 0) is 30.9 Å². The lowest BCUT2D eigenvalue weighted by Crippen LogP contribution is -2.39. The lowest BCUT2D eigenvalue weighted by Gasteiger charge is -2.34. The fraction of sp³-hybridized carbons (Fsp3) is 0.500.